The first-order chi connectivity index (χ1) is 8.24. The monoisotopic (exact) mass is 229 g/mol. The molecule has 5 heteroatoms. The van der Waals surface area contributed by atoms with Gasteiger partial charge in [-0.05, 0) is 29.8 Å². The maximum atomic E-state index is 12.8. The van der Waals surface area contributed by atoms with Crippen molar-refractivity contribution < 1.29 is 4.39 Å². The average molecular weight is 229 g/mol. The maximum Gasteiger partial charge on any atom is 0.259 e. The van der Waals surface area contributed by atoms with Crippen LogP contribution in [0.1, 0.15) is 0 Å². The molecule has 3 aromatic rings. The number of aromatic amines is 1. The molecule has 0 saturated carbocycles. The minimum atomic E-state index is -0.292. The van der Waals surface area contributed by atoms with Crippen LogP contribution in [0.15, 0.2) is 47.5 Å². The van der Waals surface area contributed by atoms with E-state index in [9.17, 15) is 9.18 Å². The molecule has 0 unspecified atom stereocenters. The summed E-state index contributed by atoms with van der Waals surface area (Å²) in [7, 11) is 0. The summed E-state index contributed by atoms with van der Waals surface area (Å²) in [5, 5.41) is 0. The number of rotatable bonds is 1. The zero-order valence-electron chi connectivity index (χ0n) is 8.72. The van der Waals surface area contributed by atoms with Crippen molar-refractivity contribution in [2.75, 3.05) is 0 Å². The van der Waals surface area contributed by atoms with E-state index in [1.54, 1.807) is 18.3 Å². The number of benzene rings is 1. The Labute approximate surface area is 95.4 Å². The summed E-state index contributed by atoms with van der Waals surface area (Å²) in [5.74, 6) is 0.178. The Kier molecular flexibility index (Phi) is 2.04. The number of hydrogen-bond donors (Lipinski definition) is 1. The van der Waals surface area contributed by atoms with Crippen molar-refractivity contribution in [3.63, 3.8) is 0 Å². The van der Waals surface area contributed by atoms with E-state index in [4.69, 9.17) is 0 Å². The molecule has 84 valence electrons. The first-order valence-corrected chi connectivity index (χ1v) is 5.06. The lowest BCUT2D eigenvalue weighted by Gasteiger charge is -1.95. The van der Waals surface area contributed by atoms with Crippen LogP contribution >= 0.6 is 0 Å². The van der Waals surface area contributed by atoms with E-state index in [-0.39, 0.29) is 11.4 Å². The molecule has 0 saturated heterocycles. The first kappa shape index (κ1) is 9.77. The Morgan fingerprint density at radius 1 is 1.18 bits per heavy atom. The van der Waals surface area contributed by atoms with Gasteiger partial charge < -0.3 is 4.98 Å². The van der Waals surface area contributed by atoms with Gasteiger partial charge in [-0.1, -0.05) is 0 Å². The molecule has 0 aliphatic rings. The second-order valence-electron chi connectivity index (χ2n) is 3.65. The summed E-state index contributed by atoms with van der Waals surface area (Å²) in [4.78, 5) is 18.6. The average Bonchev–Trinajstić information content (AvgIpc) is 2.75. The van der Waals surface area contributed by atoms with Gasteiger partial charge in [-0.3, -0.25) is 9.20 Å². The second kappa shape index (κ2) is 3.55. The third-order valence-corrected chi connectivity index (χ3v) is 2.54. The van der Waals surface area contributed by atoms with E-state index in [1.807, 2.05) is 0 Å². The predicted molar refractivity (Wildman–Crippen MR) is 61.2 cm³/mol. The van der Waals surface area contributed by atoms with Gasteiger partial charge in [-0.2, -0.15) is 0 Å². The Bertz CT molecular complexity index is 727. The summed E-state index contributed by atoms with van der Waals surface area (Å²) < 4.78 is 14.2. The molecule has 3 rings (SSSR count). The van der Waals surface area contributed by atoms with E-state index in [0.717, 1.165) is 11.3 Å². The van der Waals surface area contributed by atoms with Crippen LogP contribution in [-0.4, -0.2) is 14.4 Å². The highest BCUT2D eigenvalue weighted by atomic mass is 19.1. The van der Waals surface area contributed by atoms with Crippen LogP contribution in [0.25, 0.3) is 17.0 Å². The molecule has 0 aliphatic carbocycles. The van der Waals surface area contributed by atoms with Gasteiger partial charge >= 0.3 is 0 Å². The molecule has 2 heterocycles. The quantitative estimate of drug-likeness (QED) is 0.692. The van der Waals surface area contributed by atoms with Crippen molar-refractivity contribution >= 4 is 5.78 Å². The molecule has 0 fully saturated rings. The highest BCUT2D eigenvalue weighted by Gasteiger charge is 2.04. The van der Waals surface area contributed by atoms with Crippen LogP contribution in [0.5, 0.6) is 0 Å². The van der Waals surface area contributed by atoms with E-state index >= 15 is 0 Å². The highest BCUT2D eigenvalue weighted by Crippen LogP contribution is 2.17. The Morgan fingerprint density at radius 2 is 1.94 bits per heavy atom. The van der Waals surface area contributed by atoms with Crippen LogP contribution in [0, 0.1) is 5.82 Å². The molecule has 0 radical (unpaired) electrons. The largest absolute Gasteiger partial charge is 0.323 e. The summed E-state index contributed by atoms with van der Waals surface area (Å²) in [5.41, 5.74) is 1.37. The summed E-state index contributed by atoms with van der Waals surface area (Å²) >= 11 is 0. The fourth-order valence-electron chi connectivity index (χ4n) is 1.69. The molecular formula is C12H8FN3O. The van der Waals surface area contributed by atoms with Crippen molar-refractivity contribution in [2.24, 2.45) is 0 Å². The van der Waals surface area contributed by atoms with Gasteiger partial charge in [-0.25, -0.2) is 9.37 Å². The maximum absolute atomic E-state index is 12.8. The van der Waals surface area contributed by atoms with Crippen molar-refractivity contribution in [3.8, 4) is 11.3 Å². The lowest BCUT2D eigenvalue weighted by atomic mass is 10.2. The fraction of sp³-hybridized carbons (Fsp3) is 0. The van der Waals surface area contributed by atoms with Crippen LogP contribution in [0.4, 0.5) is 4.39 Å². The molecule has 1 aromatic carbocycles. The number of aromatic nitrogens is 3. The van der Waals surface area contributed by atoms with Gasteiger partial charge in [0.2, 0.25) is 5.78 Å². The molecule has 0 amide bonds. The number of nitrogens with zero attached hydrogens (tertiary/aromatic N) is 2. The first-order valence-electron chi connectivity index (χ1n) is 5.06. The molecule has 0 aliphatic heterocycles. The van der Waals surface area contributed by atoms with Gasteiger partial charge in [-0.15, -0.1) is 0 Å². The lowest BCUT2D eigenvalue weighted by Crippen LogP contribution is -2.09. The van der Waals surface area contributed by atoms with E-state index in [0.29, 0.717) is 5.78 Å². The number of hydrogen-bond acceptors (Lipinski definition) is 2. The van der Waals surface area contributed by atoms with Crippen molar-refractivity contribution in [1.29, 1.82) is 0 Å². The molecular weight excluding hydrogens is 221 g/mol. The Hall–Kier alpha value is -2.43. The van der Waals surface area contributed by atoms with Crippen LogP contribution in [0.2, 0.25) is 0 Å². The summed E-state index contributed by atoms with van der Waals surface area (Å²) in [6.07, 6.45) is 3.10. The topological polar surface area (TPSA) is 50.2 Å². The molecule has 17 heavy (non-hydrogen) atoms. The molecule has 0 atom stereocenters. The lowest BCUT2D eigenvalue weighted by molar-refractivity contribution is 0.628. The summed E-state index contributed by atoms with van der Waals surface area (Å²) in [6.45, 7) is 0. The third-order valence-electron chi connectivity index (χ3n) is 2.54. The Balaban J connectivity index is 2.21. The zero-order valence-corrected chi connectivity index (χ0v) is 8.72. The molecule has 1 N–H and O–H groups in total. The second-order valence-corrected chi connectivity index (χ2v) is 3.65. The summed E-state index contributed by atoms with van der Waals surface area (Å²) in [6, 6.07) is 7.42. The van der Waals surface area contributed by atoms with Crippen molar-refractivity contribution in [2.45, 2.75) is 0 Å². The van der Waals surface area contributed by atoms with Crippen LogP contribution < -0.4 is 5.56 Å². The SMILES string of the molecule is O=c1ccnc2[nH]c(-c3ccc(F)cc3)cn12. The highest BCUT2D eigenvalue weighted by molar-refractivity contribution is 5.61. The number of imidazole rings is 1. The van der Waals surface area contributed by atoms with Gasteiger partial charge in [0.15, 0.2) is 0 Å². The Morgan fingerprint density at radius 3 is 2.65 bits per heavy atom. The normalized spacial score (nSPS) is 10.9. The van der Waals surface area contributed by atoms with Gasteiger partial charge in [0.1, 0.15) is 5.82 Å². The molecule has 2 aromatic heterocycles. The van der Waals surface area contributed by atoms with Crippen LogP contribution in [-0.2, 0) is 0 Å². The number of H-pyrrole nitrogens is 1. The zero-order chi connectivity index (χ0) is 11.8. The number of halogens is 1. The third kappa shape index (κ3) is 1.61. The fourth-order valence-corrected chi connectivity index (χ4v) is 1.69. The molecule has 4 nitrogen and oxygen atoms in total. The van der Waals surface area contributed by atoms with Crippen molar-refractivity contribution in [1.82, 2.24) is 14.4 Å². The smallest absolute Gasteiger partial charge is 0.259 e. The van der Waals surface area contributed by atoms with E-state index < -0.39 is 0 Å². The standard InChI is InChI=1S/C12H8FN3O/c13-9-3-1-8(2-4-9)10-7-16-11(17)5-6-14-12(16)15-10/h1-7H,(H,14,15). The minimum Gasteiger partial charge on any atom is -0.323 e. The van der Waals surface area contributed by atoms with E-state index in [2.05, 4.69) is 9.97 Å². The van der Waals surface area contributed by atoms with Crippen molar-refractivity contribution in [3.05, 3.63) is 58.9 Å². The predicted octanol–water partition coefficient (Wildman–Crippen LogP) is 1.83. The number of nitrogens with one attached hydrogen (secondary N) is 1. The van der Waals surface area contributed by atoms with Gasteiger partial charge in [0.05, 0.1) is 5.69 Å². The van der Waals surface area contributed by atoms with Crippen LogP contribution in [0.3, 0.4) is 0 Å². The molecule has 0 spiro atoms. The minimum absolute atomic E-state index is 0.153. The number of fused-ring (bicyclic) bond motifs is 1. The molecule has 0 bridgehead atoms. The van der Waals surface area contributed by atoms with Gasteiger partial charge in [0.25, 0.3) is 5.56 Å². The van der Waals surface area contributed by atoms with Gasteiger partial charge in [0, 0.05) is 18.5 Å². The van der Waals surface area contributed by atoms with E-state index in [1.165, 1.54) is 28.8 Å².